The second-order valence-corrected chi connectivity index (χ2v) is 9.60. The van der Waals surface area contributed by atoms with Gasteiger partial charge in [0.15, 0.2) is 0 Å². The summed E-state index contributed by atoms with van der Waals surface area (Å²) in [5.41, 5.74) is 4.04. The van der Waals surface area contributed by atoms with Crippen molar-refractivity contribution in [1.29, 1.82) is 0 Å². The molecule has 3 aromatic rings. The van der Waals surface area contributed by atoms with Gasteiger partial charge in [0.25, 0.3) is 5.91 Å². The summed E-state index contributed by atoms with van der Waals surface area (Å²) in [6, 6.07) is 21.7. The molecule has 7 nitrogen and oxygen atoms in total. The van der Waals surface area contributed by atoms with Gasteiger partial charge in [-0.05, 0) is 92.3 Å². The van der Waals surface area contributed by atoms with Crippen LogP contribution in [0.3, 0.4) is 0 Å². The van der Waals surface area contributed by atoms with Crippen LogP contribution in [0.25, 0.3) is 6.08 Å². The molecule has 0 spiro atoms. The summed E-state index contributed by atoms with van der Waals surface area (Å²) in [6.07, 6.45) is 4.83. The number of ether oxygens (including phenoxy) is 2. The van der Waals surface area contributed by atoms with Gasteiger partial charge in [-0.3, -0.25) is 4.79 Å². The molecule has 0 unspecified atom stereocenters. The minimum atomic E-state index is -1.14. The first kappa shape index (κ1) is 26.2. The SMILES string of the molecule is CCOc1ccc(/C=C2\CCC[C@@H]3C2=NN(C(=O)c2ccccc2C(=O)O)[C@H]3c2ccc(OCC)cc2)cc1. The normalized spacial score (nSPS) is 19.4. The lowest BCUT2D eigenvalue weighted by molar-refractivity contribution is 0.0645. The summed E-state index contributed by atoms with van der Waals surface area (Å²) >= 11 is 0. The zero-order chi connectivity index (χ0) is 27.4. The number of amides is 1. The van der Waals surface area contributed by atoms with Gasteiger partial charge in [0.1, 0.15) is 11.5 Å². The van der Waals surface area contributed by atoms with Crippen molar-refractivity contribution < 1.29 is 24.2 Å². The highest BCUT2D eigenvalue weighted by Crippen LogP contribution is 2.45. The summed E-state index contributed by atoms with van der Waals surface area (Å²) in [6.45, 7) is 5.07. The molecule has 1 aliphatic carbocycles. The zero-order valence-electron chi connectivity index (χ0n) is 22.2. The van der Waals surface area contributed by atoms with Crippen LogP contribution >= 0.6 is 0 Å². The minimum Gasteiger partial charge on any atom is -0.494 e. The number of hydrogen-bond acceptors (Lipinski definition) is 5. The maximum absolute atomic E-state index is 13.9. The smallest absolute Gasteiger partial charge is 0.336 e. The number of allylic oxidation sites excluding steroid dienone is 1. The molecule has 1 N–H and O–H groups in total. The van der Waals surface area contributed by atoms with Crippen molar-refractivity contribution >= 4 is 23.7 Å². The predicted octanol–water partition coefficient (Wildman–Crippen LogP) is 6.62. The number of aromatic carboxylic acids is 1. The molecule has 0 radical (unpaired) electrons. The Labute approximate surface area is 228 Å². The van der Waals surface area contributed by atoms with Crippen molar-refractivity contribution in [3.05, 3.63) is 101 Å². The fourth-order valence-corrected chi connectivity index (χ4v) is 5.44. The zero-order valence-corrected chi connectivity index (χ0v) is 22.2. The van der Waals surface area contributed by atoms with Crippen LogP contribution in [0.5, 0.6) is 11.5 Å². The standard InChI is InChI=1S/C32H32N2O5/c1-3-38-24-16-12-21(13-17-24)20-23-8-7-11-28-29(23)33-34(30(28)22-14-18-25(19-15-22)39-4-2)31(35)26-9-5-6-10-27(26)32(36)37/h5-6,9-10,12-20,28,30H,3-4,7-8,11H2,1-2H3,(H,36,37)/b23-20+/t28-,30+/m1/s1. The van der Waals surface area contributed by atoms with Gasteiger partial charge in [0.05, 0.1) is 36.1 Å². The van der Waals surface area contributed by atoms with Crippen LogP contribution in [0, 0.1) is 5.92 Å². The van der Waals surface area contributed by atoms with E-state index in [2.05, 4.69) is 6.08 Å². The monoisotopic (exact) mass is 524 g/mol. The highest BCUT2D eigenvalue weighted by molar-refractivity contribution is 6.10. The molecule has 1 heterocycles. The maximum atomic E-state index is 13.9. The fraction of sp³-hybridized carbons (Fsp3) is 0.281. The van der Waals surface area contributed by atoms with E-state index in [9.17, 15) is 14.7 Å². The number of nitrogens with zero attached hydrogens (tertiary/aromatic N) is 2. The summed E-state index contributed by atoms with van der Waals surface area (Å²) in [7, 11) is 0. The second kappa shape index (κ2) is 11.6. The molecule has 1 amide bonds. The third kappa shape index (κ3) is 5.43. The number of hydrazone groups is 1. The van der Waals surface area contributed by atoms with Crippen LogP contribution in [-0.2, 0) is 0 Å². The van der Waals surface area contributed by atoms with Crippen molar-refractivity contribution in [2.45, 2.75) is 39.2 Å². The number of fused-ring (bicyclic) bond motifs is 1. The first-order valence-corrected chi connectivity index (χ1v) is 13.4. The van der Waals surface area contributed by atoms with Crippen molar-refractivity contribution in [2.75, 3.05) is 13.2 Å². The molecule has 200 valence electrons. The number of carbonyl (C=O) groups is 2. The van der Waals surface area contributed by atoms with Gasteiger partial charge in [0.2, 0.25) is 0 Å². The Morgan fingerprint density at radius 2 is 1.54 bits per heavy atom. The van der Waals surface area contributed by atoms with E-state index in [0.29, 0.717) is 13.2 Å². The van der Waals surface area contributed by atoms with Crippen LogP contribution in [-0.4, -0.2) is 40.9 Å². The largest absolute Gasteiger partial charge is 0.494 e. The number of carboxylic acids is 1. The van der Waals surface area contributed by atoms with Gasteiger partial charge in [-0.25, -0.2) is 9.80 Å². The summed E-state index contributed by atoms with van der Waals surface area (Å²) in [5.74, 6) is 0.00993. The molecule has 2 aliphatic rings. The van der Waals surface area contributed by atoms with Gasteiger partial charge in [-0.15, -0.1) is 0 Å². The van der Waals surface area contributed by atoms with Crippen LogP contribution < -0.4 is 9.47 Å². The topological polar surface area (TPSA) is 88.4 Å². The number of hydrogen-bond donors (Lipinski definition) is 1. The number of rotatable bonds is 8. The summed E-state index contributed by atoms with van der Waals surface area (Å²) < 4.78 is 11.2. The molecule has 0 aromatic heterocycles. The first-order chi connectivity index (χ1) is 19.0. The van der Waals surface area contributed by atoms with Crippen LogP contribution in [0.1, 0.15) is 71.0 Å². The van der Waals surface area contributed by atoms with Gasteiger partial charge in [0, 0.05) is 5.92 Å². The maximum Gasteiger partial charge on any atom is 0.336 e. The Balaban J connectivity index is 1.56. The molecular formula is C32H32N2O5. The van der Waals surface area contributed by atoms with E-state index in [1.807, 2.05) is 62.4 Å². The van der Waals surface area contributed by atoms with Crippen LogP contribution in [0.4, 0.5) is 0 Å². The molecule has 1 aliphatic heterocycles. The number of carbonyl (C=O) groups excluding carboxylic acids is 1. The van der Waals surface area contributed by atoms with E-state index in [-0.39, 0.29) is 23.1 Å². The lowest BCUT2D eigenvalue weighted by atomic mass is 9.77. The Bertz CT molecular complexity index is 1410. The van der Waals surface area contributed by atoms with Crippen molar-refractivity contribution in [3.8, 4) is 11.5 Å². The third-order valence-electron chi connectivity index (χ3n) is 7.16. The average Bonchev–Trinajstić information content (AvgIpc) is 3.35. The molecular weight excluding hydrogens is 492 g/mol. The molecule has 7 heteroatoms. The molecule has 0 saturated heterocycles. The fourth-order valence-electron chi connectivity index (χ4n) is 5.44. The quantitative estimate of drug-likeness (QED) is 0.358. The van der Waals surface area contributed by atoms with Crippen molar-refractivity contribution in [1.82, 2.24) is 5.01 Å². The van der Waals surface area contributed by atoms with Gasteiger partial charge >= 0.3 is 5.97 Å². The van der Waals surface area contributed by atoms with Gasteiger partial charge in [-0.2, -0.15) is 5.10 Å². The Morgan fingerprint density at radius 1 is 0.923 bits per heavy atom. The molecule has 0 bridgehead atoms. The van der Waals surface area contributed by atoms with Crippen molar-refractivity contribution in [2.24, 2.45) is 11.0 Å². The molecule has 3 aromatic carbocycles. The predicted molar refractivity (Wildman–Crippen MR) is 150 cm³/mol. The molecule has 1 saturated carbocycles. The van der Waals surface area contributed by atoms with E-state index >= 15 is 0 Å². The number of benzene rings is 3. The molecule has 1 fully saturated rings. The molecule has 5 rings (SSSR count). The Hall–Kier alpha value is -4.39. The highest BCUT2D eigenvalue weighted by atomic mass is 16.5. The van der Waals surface area contributed by atoms with E-state index in [1.54, 1.807) is 18.2 Å². The van der Waals surface area contributed by atoms with Gasteiger partial charge in [-0.1, -0.05) is 36.4 Å². The van der Waals surface area contributed by atoms with Gasteiger partial charge < -0.3 is 14.6 Å². The third-order valence-corrected chi connectivity index (χ3v) is 7.16. The highest BCUT2D eigenvalue weighted by Gasteiger charge is 2.44. The number of carboxylic acid groups (broad SMARTS) is 1. The second-order valence-electron chi connectivity index (χ2n) is 9.60. The van der Waals surface area contributed by atoms with E-state index in [1.165, 1.54) is 11.1 Å². The summed E-state index contributed by atoms with van der Waals surface area (Å²) in [4.78, 5) is 25.9. The van der Waals surface area contributed by atoms with E-state index < -0.39 is 11.9 Å². The van der Waals surface area contributed by atoms with E-state index in [0.717, 1.165) is 53.2 Å². The van der Waals surface area contributed by atoms with E-state index in [4.69, 9.17) is 14.6 Å². The molecule has 2 atom stereocenters. The Kier molecular flexibility index (Phi) is 7.77. The van der Waals surface area contributed by atoms with Crippen molar-refractivity contribution in [3.63, 3.8) is 0 Å². The molecule has 39 heavy (non-hydrogen) atoms. The van der Waals surface area contributed by atoms with Crippen LogP contribution in [0.15, 0.2) is 83.5 Å². The lowest BCUT2D eigenvalue weighted by Gasteiger charge is -2.30. The minimum absolute atomic E-state index is 0.00779. The lowest BCUT2D eigenvalue weighted by Crippen LogP contribution is -2.32. The van der Waals surface area contributed by atoms with Crippen LogP contribution in [0.2, 0.25) is 0 Å². The first-order valence-electron chi connectivity index (χ1n) is 13.4. The Morgan fingerprint density at radius 3 is 2.15 bits per heavy atom. The summed E-state index contributed by atoms with van der Waals surface area (Å²) in [5, 5.41) is 16.2. The average molecular weight is 525 g/mol.